The molecule has 0 bridgehead atoms. The van der Waals surface area contributed by atoms with Gasteiger partial charge in [0, 0.05) is 27.7 Å². The normalized spacial score (nSPS) is 15.0. The molecule has 11 heteroatoms. The molecule has 0 unspecified atom stereocenters. The minimum atomic E-state index is -0.860. The van der Waals surface area contributed by atoms with Gasteiger partial charge >= 0.3 is 5.97 Å². The van der Waals surface area contributed by atoms with Crippen molar-refractivity contribution in [3.63, 3.8) is 0 Å². The van der Waals surface area contributed by atoms with E-state index in [1.165, 1.54) is 29.1 Å². The highest BCUT2D eigenvalue weighted by molar-refractivity contribution is 7.07. The Kier molecular flexibility index (Phi) is 8.96. The van der Waals surface area contributed by atoms with Crippen LogP contribution < -0.4 is 19.6 Å². The predicted molar refractivity (Wildman–Crippen MR) is 168 cm³/mol. The number of ether oxygens (including phenoxy) is 2. The summed E-state index contributed by atoms with van der Waals surface area (Å²) < 4.78 is 28.9. The lowest BCUT2D eigenvalue weighted by molar-refractivity contribution is -0.139. The first-order valence-corrected chi connectivity index (χ1v) is 15.4. The van der Waals surface area contributed by atoms with E-state index in [1.807, 2.05) is 37.5 Å². The van der Waals surface area contributed by atoms with Crippen molar-refractivity contribution < 1.29 is 18.7 Å². The number of methoxy groups -OCH3 is 1. The summed E-state index contributed by atoms with van der Waals surface area (Å²) in [5.74, 6) is -0.563. The average Bonchev–Trinajstić information content (AvgIpc) is 3.43. The van der Waals surface area contributed by atoms with Crippen LogP contribution in [0.2, 0.25) is 10.0 Å². The summed E-state index contributed by atoms with van der Waals surface area (Å²) >= 11 is 13.7. The van der Waals surface area contributed by atoms with E-state index in [9.17, 15) is 14.0 Å². The second kappa shape index (κ2) is 12.5. The Morgan fingerprint density at radius 3 is 2.58 bits per heavy atom. The van der Waals surface area contributed by atoms with Gasteiger partial charge in [-0.1, -0.05) is 47.9 Å². The van der Waals surface area contributed by atoms with Gasteiger partial charge < -0.3 is 14.0 Å². The van der Waals surface area contributed by atoms with E-state index in [-0.39, 0.29) is 22.8 Å². The molecular weight excluding hydrogens is 612 g/mol. The molecule has 4 aromatic rings. The van der Waals surface area contributed by atoms with E-state index in [2.05, 4.69) is 0 Å². The fourth-order valence-corrected chi connectivity index (χ4v) is 6.80. The first-order chi connectivity index (χ1) is 20.6. The summed E-state index contributed by atoms with van der Waals surface area (Å²) in [6.45, 7) is 7.75. The van der Waals surface area contributed by atoms with Gasteiger partial charge in [-0.3, -0.25) is 9.36 Å². The number of halogens is 3. The second-order valence-electron chi connectivity index (χ2n) is 10.1. The van der Waals surface area contributed by atoms with Crippen molar-refractivity contribution in [1.29, 1.82) is 0 Å². The number of aryl methyl sites for hydroxylation is 1. The lowest BCUT2D eigenvalue weighted by atomic mass is 9.93. The van der Waals surface area contributed by atoms with Crippen LogP contribution in [-0.4, -0.2) is 28.8 Å². The van der Waals surface area contributed by atoms with Gasteiger partial charge in [0.05, 0.1) is 34.5 Å². The Bertz CT molecular complexity index is 1960. The van der Waals surface area contributed by atoms with Crippen molar-refractivity contribution in [3.05, 3.63) is 112 Å². The number of aromatic nitrogens is 2. The fourth-order valence-electron chi connectivity index (χ4n) is 5.43. The first-order valence-electron chi connectivity index (χ1n) is 13.8. The summed E-state index contributed by atoms with van der Waals surface area (Å²) in [5.41, 5.74) is 4.33. The molecule has 0 radical (unpaired) electrons. The van der Waals surface area contributed by atoms with Gasteiger partial charge in [-0.15, -0.1) is 0 Å². The number of esters is 1. The number of hydrogen-bond acceptors (Lipinski definition) is 6. The molecule has 0 aliphatic carbocycles. The third-order valence-corrected chi connectivity index (χ3v) is 8.80. The maximum absolute atomic E-state index is 14.2. The van der Waals surface area contributed by atoms with E-state index >= 15 is 0 Å². The summed E-state index contributed by atoms with van der Waals surface area (Å²) in [6.07, 6.45) is 3.06. The molecule has 1 atom stereocenters. The van der Waals surface area contributed by atoms with E-state index in [0.29, 0.717) is 43.5 Å². The predicted octanol–water partition coefficient (Wildman–Crippen LogP) is 6.44. The second-order valence-corrected chi connectivity index (χ2v) is 11.9. The fraction of sp³-hybridized carbons (Fsp3) is 0.281. The van der Waals surface area contributed by atoms with Crippen molar-refractivity contribution in [1.82, 2.24) is 9.13 Å². The maximum atomic E-state index is 14.2. The van der Waals surface area contributed by atoms with Crippen molar-refractivity contribution in [2.75, 3.05) is 13.7 Å². The SMILES string of the molecule is CCCC1=C(C(=O)OCC)[C@H](c2cc(Cl)ccc2OC)n2c(s/c(=C/c3cc(C)n(-c4ccc(F)c(Cl)c4)c3C)c2=O)=N1. The molecule has 0 amide bonds. The molecule has 43 heavy (non-hydrogen) atoms. The van der Waals surface area contributed by atoms with E-state index in [0.717, 1.165) is 23.4 Å². The molecule has 2 aromatic heterocycles. The zero-order valence-corrected chi connectivity index (χ0v) is 26.7. The van der Waals surface area contributed by atoms with Gasteiger partial charge in [0.25, 0.3) is 5.56 Å². The minimum Gasteiger partial charge on any atom is -0.496 e. The Balaban J connectivity index is 1.76. The van der Waals surface area contributed by atoms with Crippen LogP contribution in [0.3, 0.4) is 0 Å². The summed E-state index contributed by atoms with van der Waals surface area (Å²) in [7, 11) is 1.53. The number of benzene rings is 2. The monoisotopic (exact) mass is 641 g/mol. The molecule has 0 saturated heterocycles. The zero-order valence-electron chi connectivity index (χ0n) is 24.3. The van der Waals surface area contributed by atoms with Crippen LogP contribution in [0.1, 0.15) is 55.2 Å². The van der Waals surface area contributed by atoms with Gasteiger partial charge in [-0.25, -0.2) is 14.2 Å². The highest BCUT2D eigenvalue weighted by Crippen LogP contribution is 2.38. The molecule has 1 aliphatic heterocycles. The first kappa shape index (κ1) is 30.8. The number of fused-ring (bicyclic) bond motifs is 1. The number of allylic oxidation sites excluding steroid dienone is 1. The molecule has 0 saturated carbocycles. The van der Waals surface area contributed by atoms with E-state index in [4.69, 9.17) is 37.7 Å². The Labute approximate surface area is 262 Å². The van der Waals surface area contributed by atoms with Crippen LogP contribution in [-0.2, 0) is 9.53 Å². The van der Waals surface area contributed by atoms with Crippen molar-refractivity contribution in [3.8, 4) is 11.4 Å². The molecule has 0 fully saturated rings. The topological polar surface area (TPSA) is 74.8 Å². The van der Waals surface area contributed by atoms with Crippen LogP contribution in [0.15, 0.2) is 63.5 Å². The van der Waals surface area contributed by atoms with Gasteiger partial charge in [0.2, 0.25) is 0 Å². The van der Waals surface area contributed by atoms with Gasteiger partial charge in [0.1, 0.15) is 17.6 Å². The molecule has 2 aromatic carbocycles. The highest BCUT2D eigenvalue weighted by Gasteiger charge is 2.36. The van der Waals surface area contributed by atoms with Crippen molar-refractivity contribution in [2.45, 2.75) is 46.6 Å². The molecule has 0 spiro atoms. The quantitative estimate of drug-likeness (QED) is 0.208. The Morgan fingerprint density at radius 1 is 1.14 bits per heavy atom. The Hall–Kier alpha value is -3.66. The van der Waals surface area contributed by atoms with E-state index < -0.39 is 17.8 Å². The number of hydrogen-bond donors (Lipinski definition) is 0. The zero-order chi connectivity index (χ0) is 31.0. The van der Waals surface area contributed by atoms with Crippen LogP contribution in [0.25, 0.3) is 11.8 Å². The largest absolute Gasteiger partial charge is 0.496 e. The standard InChI is InChI=1S/C32H30Cl2FN3O4S/c1-6-8-25-28(31(40)42-7-2)29(22-15-20(33)9-12-26(22)41-5)38-30(39)27(43-32(38)36-25)14-19-13-17(3)37(18(19)4)21-10-11-24(35)23(34)16-21/h9-16,29H,6-8H2,1-5H3/b27-14+/t29-/m0/s1. The van der Waals surface area contributed by atoms with Gasteiger partial charge in [-0.05, 0) is 81.3 Å². The number of nitrogens with zero attached hydrogens (tertiary/aromatic N) is 3. The molecule has 3 heterocycles. The van der Waals surface area contributed by atoms with Gasteiger partial charge in [-0.2, -0.15) is 0 Å². The number of thiazole rings is 1. The van der Waals surface area contributed by atoms with Crippen molar-refractivity contribution >= 4 is 46.6 Å². The minimum absolute atomic E-state index is 0.0246. The smallest absolute Gasteiger partial charge is 0.338 e. The molecule has 1 aliphatic rings. The molecular formula is C32H30Cl2FN3O4S. The van der Waals surface area contributed by atoms with E-state index in [1.54, 1.807) is 37.3 Å². The summed E-state index contributed by atoms with van der Waals surface area (Å²) in [5, 5.41) is 0.458. The Morgan fingerprint density at radius 2 is 1.91 bits per heavy atom. The van der Waals surface area contributed by atoms with Crippen LogP contribution in [0.5, 0.6) is 5.75 Å². The third kappa shape index (κ3) is 5.69. The summed E-state index contributed by atoms with van der Waals surface area (Å²) in [6, 6.07) is 10.8. The van der Waals surface area contributed by atoms with Crippen LogP contribution in [0, 0.1) is 19.7 Å². The van der Waals surface area contributed by atoms with Crippen molar-refractivity contribution in [2.24, 2.45) is 4.99 Å². The summed E-state index contributed by atoms with van der Waals surface area (Å²) in [4.78, 5) is 32.9. The maximum Gasteiger partial charge on any atom is 0.338 e. The average molecular weight is 643 g/mol. The molecule has 7 nitrogen and oxygen atoms in total. The van der Waals surface area contributed by atoms with Crippen LogP contribution in [0.4, 0.5) is 4.39 Å². The van der Waals surface area contributed by atoms with Gasteiger partial charge in [0.15, 0.2) is 4.80 Å². The number of rotatable bonds is 8. The molecule has 0 N–H and O–H groups in total. The van der Waals surface area contributed by atoms with Crippen LogP contribution >= 0.6 is 34.5 Å². The number of carbonyl (C=O) groups excluding carboxylic acids is 1. The molecule has 224 valence electrons. The lowest BCUT2D eigenvalue weighted by Gasteiger charge is -2.27. The number of carbonyl (C=O) groups is 1. The highest BCUT2D eigenvalue weighted by atomic mass is 35.5. The molecule has 5 rings (SSSR count). The lowest BCUT2D eigenvalue weighted by Crippen LogP contribution is -2.40. The third-order valence-electron chi connectivity index (χ3n) is 7.30.